The average molecular weight is 504 g/mol. The van der Waals surface area contributed by atoms with Crippen molar-refractivity contribution in [1.29, 1.82) is 0 Å². The maximum Gasteiger partial charge on any atom is 0.256 e. The summed E-state index contributed by atoms with van der Waals surface area (Å²) in [6.07, 6.45) is 41.7. The van der Waals surface area contributed by atoms with Crippen molar-refractivity contribution in [3.05, 3.63) is 18.2 Å². The SMILES string of the molecule is CCCCCCCCCCCCCCC[n+]1ccn(CCCCCCCCCCCCCC)c1CC. The number of nitrogens with zero attached hydrogens (tertiary/aromatic N) is 2. The van der Waals surface area contributed by atoms with Crippen LogP contribution in [0.25, 0.3) is 0 Å². The molecule has 2 nitrogen and oxygen atoms in total. The molecule has 1 aromatic heterocycles. The predicted octanol–water partition coefficient (Wildman–Crippen LogP) is 11.1. The third kappa shape index (κ3) is 18.5. The van der Waals surface area contributed by atoms with Crippen molar-refractivity contribution < 1.29 is 4.57 Å². The van der Waals surface area contributed by atoms with Crippen LogP contribution in [-0.4, -0.2) is 4.57 Å². The summed E-state index contributed by atoms with van der Waals surface area (Å²) in [5, 5.41) is 0. The highest BCUT2D eigenvalue weighted by atomic mass is 15.1. The minimum atomic E-state index is 1.16. The zero-order valence-corrected chi connectivity index (χ0v) is 25.3. The third-order valence-corrected chi connectivity index (χ3v) is 8.16. The number of imidazole rings is 1. The van der Waals surface area contributed by atoms with Gasteiger partial charge in [-0.1, -0.05) is 156 Å². The Hall–Kier alpha value is -0.790. The van der Waals surface area contributed by atoms with Crippen LogP contribution in [0.3, 0.4) is 0 Å². The largest absolute Gasteiger partial charge is 0.256 e. The van der Waals surface area contributed by atoms with Gasteiger partial charge in [0.05, 0.1) is 13.1 Å². The number of unbranched alkanes of at least 4 members (excludes halogenated alkanes) is 23. The van der Waals surface area contributed by atoms with Gasteiger partial charge in [-0.25, -0.2) is 9.13 Å². The van der Waals surface area contributed by atoms with Gasteiger partial charge in [-0.05, 0) is 25.7 Å². The fourth-order valence-corrected chi connectivity index (χ4v) is 5.73. The number of rotatable bonds is 28. The molecular formula is C34H67N2+. The Kier molecular flexibility index (Phi) is 23.9. The van der Waals surface area contributed by atoms with Crippen LogP contribution >= 0.6 is 0 Å². The van der Waals surface area contributed by atoms with Gasteiger partial charge in [-0.3, -0.25) is 0 Å². The second-order valence-electron chi connectivity index (χ2n) is 11.6. The molecule has 36 heavy (non-hydrogen) atoms. The van der Waals surface area contributed by atoms with Crippen molar-refractivity contribution in [2.75, 3.05) is 0 Å². The molecule has 1 rings (SSSR count). The first kappa shape index (κ1) is 33.2. The van der Waals surface area contributed by atoms with Gasteiger partial charge in [-0.15, -0.1) is 0 Å². The maximum absolute atomic E-state index is 2.54. The van der Waals surface area contributed by atoms with E-state index < -0.39 is 0 Å². The molecule has 0 saturated heterocycles. The van der Waals surface area contributed by atoms with Crippen LogP contribution in [0, 0.1) is 0 Å². The van der Waals surface area contributed by atoms with E-state index in [1.54, 1.807) is 0 Å². The lowest BCUT2D eigenvalue weighted by Crippen LogP contribution is -2.37. The summed E-state index contributed by atoms with van der Waals surface area (Å²) in [4.78, 5) is 0. The molecule has 0 bridgehead atoms. The predicted molar refractivity (Wildman–Crippen MR) is 161 cm³/mol. The summed E-state index contributed by atoms with van der Waals surface area (Å²) in [5.74, 6) is 1.54. The average Bonchev–Trinajstić information content (AvgIpc) is 3.29. The highest BCUT2D eigenvalue weighted by Crippen LogP contribution is 2.14. The second-order valence-corrected chi connectivity index (χ2v) is 11.6. The lowest BCUT2D eigenvalue weighted by atomic mass is 10.0. The van der Waals surface area contributed by atoms with Crippen LogP contribution < -0.4 is 4.57 Å². The van der Waals surface area contributed by atoms with Crippen molar-refractivity contribution in [2.45, 2.75) is 201 Å². The number of aromatic nitrogens is 2. The van der Waals surface area contributed by atoms with Crippen molar-refractivity contribution >= 4 is 0 Å². The molecular weight excluding hydrogens is 436 g/mol. The van der Waals surface area contributed by atoms with Crippen molar-refractivity contribution in [2.24, 2.45) is 0 Å². The smallest absolute Gasteiger partial charge is 0.234 e. The Morgan fingerprint density at radius 1 is 0.472 bits per heavy atom. The number of aryl methyl sites for hydroxylation is 2. The van der Waals surface area contributed by atoms with Crippen molar-refractivity contribution in [1.82, 2.24) is 4.57 Å². The molecule has 0 radical (unpaired) electrons. The van der Waals surface area contributed by atoms with Gasteiger partial charge in [0.2, 0.25) is 0 Å². The summed E-state index contributed by atoms with van der Waals surface area (Å²) >= 11 is 0. The van der Waals surface area contributed by atoms with E-state index >= 15 is 0 Å². The van der Waals surface area contributed by atoms with Gasteiger partial charge in [0.1, 0.15) is 12.4 Å². The van der Waals surface area contributed by atoms with Gasteiger partial charge < -0.3 is 0 Å². The highest BCUT2D eigenvalue weighted by molar-refractivity contribution is 4.83. The molecule has 0 amide bonds. The van der Waals surface area contributed by atoms with Crippen LogP contribution in [-0.2, 0) is 19.5 Å². The number of hydrogen-bond acceptors (Lipinski definition) is 0. The summed E-state index contributed by atoms with van der Waals surface area (Å²) in [6.45, 7) is 9.36. The van der Waals surface area contributed by atoms with Gasteiger partial charge >= 0.3 is 0 Å². The maximum atomic E-state index is 2.54. The van der Waals surface area contributed by atoms with Gasteiger partial charge in [0.25, 0.3) is 5.82 Å². The van der Waals surface area contributed by atoms with Crippen LogP contribution in [0.2, 0.25) is 0 Å². The lowest BCUT2D eigenvalue weighted by molar-refractivity contribution is -0.704. The molecule has 0 atom stereocenters. The normalized spacial score (nSPS) is 11.5. The van der Waals surface area contributed by atoms with E-state index in [2.05, 4.69) is 42.3 Å². The standard InChI is InChI=1S/C34H67N2/c1-4-7-9-11-13-15-17-19-21-23-25-27-29-31-36-33-32-35(34(36)6-3)30-28-26-24-22-20-18-16-14-12-10-8-5-2/h32-33H,4-31H2,1-3H3/q+1. The molecule has 0 N–H and O–H groups in total. The molecule has 0 spiro atoms. The highest BCUT2D eigenvalue weighted by Gasteiger charge is 2.14. The monoisotopic (exact) mass is 504 g/mol. The summed E-state index contributed by atoms with van der Waals surface area (Å²) < 4.78 is 5.08. The molecule has 1 heterocycles. The second kappa shape index (κ2) is 25.8. The van der Waals surface area contributed by atoms with E-state index in [1.807, 2.05) is 0 Å². The van der Waals surface area contributed by atoms with Gasteiger partial charge in [0.15, 0.2) is 0 Å². The molecule has 1 aromatic rings. The minimum Gasteiger partial charge on any atom is -0.234 e. The van der Waals surface area contributed by atoms with Crippen LogP contribution in [0.15, 0.2) is 12.4 Å². The van der Waals surface area contributed by atoms with E-state index in [1.165, 1.54) is 179 Å². The molecule has 2 heteroatoms. The Balaban J connectivity index is 1.98. The van der Waals surface area contributed by atoms with E-state index in [0.717, 1.165) is 6.42 Å². The molecule has 0 aromatic carbocycles. The van der Waals surface area contributed by atoms with Crippen LogP contribution in [0.4, 0.5) is 0 Å². The Morgan fingerprint density at radius 2 is 0.833 bits per heavy atom. The first-order valence-electron chi connectivity index (χ1n) is 16.9. The topological polar surface area (TPSA) is 8.81 Å². The summed E-state index contributed by atoms with van der Waals surface area (Å²) in [6, 6.07) is 0. The molecule has 0 unspecified atom stereocenters. The van der Waals surface area contributed by atoms with Crippen LogP contribution in [0.5, 0.6) is 0 Å². The van der Waals surface area contributed by atoms with Crippen molar-refractivity contribution in [3.8, 4) is 0 Å². The van der Waals surface area contributed by atoms with E-state index in [0.29, 0.717) is 0 Å². The number of hydrogen-bond donors (Lipinski definition) is 0. The van der Waals surface area contributed by atoms with Gasteiger partial charge in [0, 0.05) is 6.42 Å². The fourth-order valence-electron chi connectivity index (χ4n) is 5.73. The molecule has 0 aliphatic carbocycles. The van der Waals surface area contributed by atoms with E-state index in [9.17, 15) is 0 Å². The zero-order chi connectivity index (χ0) is 25.9. The van der Waals surface area contributed by atoms with E-state index in [-0.39, 0.29) is 0 Å². The Bertz CT molecular complexity index is 562. The van der Waals surface area contributed by atoms with Gasteiger partial charge in [-0.2, -0.15) is 0 Å². The van der Waals surface area contributed by atoms with E-state index in [4.69, 9.17) is 0 Å². The fraction of sp³-hybridized carbons (Fsp3) is 0.912. The van der Waals surface area contributed by atoms with Crippen molar-refractivity contribution in [3.63, 3.8) is 0 Å². The summed E-state index contributed by atoms with van der Waals surface area (Å²) in [5.41, 5.74) is 0. The zero-order valence-electron chi connectivity index (χ0n) is 25.3. The third-order valence-electron chi connectivity index (χ3n) is 8.16. The lowest BCUT2D eigenvalue weighted by Gasteiger charge is -2.05. The Morgan fingerprint density at radius 3 is 1.22 bits per heavy atom. The first-order chi connectivity index (χ1) is 17.8. The first-order valence-corrected chi connectivity index (χ1v) is 16.9. The van der Waals surface area contributed by atoms with Crippen LogP contribution in [0.1, 0.15) is 187 Å². The Labute approximate surface area is 228 Å². The summed E-state index contributed by atoms with van der Waals surface area (Å²) in [7, 11) is 0. The minimum absolute atomic E-state index is 1.16. The quantitative estimate of drug-likeness (QED) is 0.0794. The molecule has 0 aliphatic rings. The molecule has 0 fully saturated rings. The molecule has 0 saturated carbocycles. The molecule has 212 valence electrons. The molecule has 0 aliphatic heterocycles.